The molecule has 2 atom stereocenters. The van der Waals surface area contributed by atoms with Crippen LogP contribution in [0, 0.1) is 17.8 Å². The predicted octanol–water partition coefficient (Wildman–Crippen LogP) is 1.94. The van der Waals surface area contributed by atoms with Gasteiger partial charge in [-0.1, -0.05) is 0 Å². The lowest BCUT2D eigenvalue weighted by Gasteiger charge is -2.38. The van der Waals surface area contributed by atoms with Crippen molar-refractivity contribution >= 4 is 11.8 Å². The Morgan fingerprint density at radius 3 is 2.38 bits per heavy atom. The number of alkyl halides is 2. The number of likely N-dealkylation sites (tertiary alicyclic amines) is 1. The second-order valence-corrected chi connectivity index (χ2v) is 7.60. The number of primary amides is 1. The molecule has 2 saturated heterocycles. The molecule has 2 amide bonds. The zero-order valence-corrected chi connectivity index (χ0v) is 13.9. The molecule has 1 aliphatic carbocycles. The Hall–Kier alpha value is -1.24. The highest BCUT2D eigenvalue weighted by Crippen LogP contribution is 2.44. The van der Waals surface area contributed by atoms with Gasteiger partial charge in [-0.25, -0.2) is 8.78 Å². The maximum atomic E-state index is 12.8. The standard InChI is InChI=1S/C17H26F2N2O3/c18-17(19)9-12(10-17)8-15(22)21-4-1-11(2-5-21)7-14-13(16(20)23)3-6-24-14/h11-14H,1-10H2,(H2,20,23)/t13-,14-/m1/s1. The van der Waals surface area contributed by atoms with Crippen molar-refractivity contribution in [2.24, 2.45) is 23.5 Å². The van der Waals surface area contributed by atoms with Crippen LogP contribution in [0.1, 0.15) is 44.9 Å². The number of nitrogens with zero attached hydrogens (tertiary/aromatic N) is 1. The van der Waals surface area contributed by atoms with Crippen LogP contribution in [-0.4, -0.2) is 48.4 Å². The molecule has 0 radical (unpaired) electrons. The van der Waals surface area contributed by atoms with Crippen LogP contribution < -0.4 is 5.73 Å². The molecule has 1 saturated carbocycles. The van der Waals surface area contributed by atoms with Gasteiger partial charge in [0.1, 0.15) is 0 Å². The predicted molar refractivity (Wildman–Crippen MR) is 83.3 cm³/mol. The van der Waals surface area contributed by atoms with Crippen LogP contribution in [0.3, 0.4) is 0 Å². The van der Waals surface area contributed by atoms with E-state index >= 15 is 0 Å². The fraction of sp³-hybridized carbons (Fsp3) is 0.882. The van der Waals surface area contributed by atoms with Gasteiger partial charge in [0, 0.05) is 39.0 Å². The number of rotatable bonds is 5. The maximum absolute atomic E-state index is 12.8. The largest absolute Gasteiger partial charge is 0.377 e. The van der Waals surface area contributed by atoms with Gasteiger partial charge in [-0.3, -0.25) is 9.59 Å². The number of nitrogens with two attached hydrogens (primary N) is 1. The third-order valence-corrected chi connectivity index (χ3v) is 5.75. The third kappa shape index (κ3) is 4.05. The van der Waals surface area contributed by atoms with Crippen LogP contribution in [0.5, 0.6) is 0 Å². The molecule has 0 aromatic rings. The molecule has 5 nitrogen and oxygen atoms in total. The summed E-state index contributed by atoms with van der Waals surface area (Å²) < 4.78 is 31.3. The monoisotopic (exact) mass is 344 g/mol. The molecule has 0 spiro atoms. The minimum absolute atomic E-state index is 0.000999. The minimum atomic E-state index is -2.56. The Kier molecular flexibility index (Phi) is 5.08. The lowest BCUT2D eigenvalue weighted by molar-refractivity contribution is -0.143. The van der Waals surface area contributed by atoms with Crippen molar-refractivity contribution in [3.8, 4) is 0 Å². The van der Waals surface area contributed by atoms with E-state index in [0.29, 0.717) is 32.0 Å². The van der Waals surface area contributed by atoms with Crippen molar-refractivity contribution in [3.05, 3.63) is 0 Å². The molecular formula is C17H26F2N2O3. The number of hydrogen-bond donors (Lipinski definition) is 1. The number of carbonyl (C=O) groups excluding carboxylic acids is 2. The molecule has 7 heteroatoms. The molecule has 3 rings (SSSR count). The Morgan fingerprint density at radius 2 is 1.79 bits per heavy atom. The molecule has 0 aromatic heterocycles. The van der Waals surface area contributed by atoms with Crippen LogP contribution in [0.15, 0.2) is 0 Å². The van der Waals surface area contributed by atoms with Gasteiger partial charge in [0.25, 0.3) is 0 Å². The summed E-state index contributed by atoms with van der Waals surface area (Å²) >= 11 is 0. The number of hydrogen-bond acceptors (Lipinski definition) is 3. The molecule has 3 fully saturated rings. The van der Waals surface area contributed by atoms with Crippen LogP contribution in [0.25, 0.3) is 0 Å². The van der Waals surface area contributed by atoms with E-state index in [1.807, 2.05) is 0 Å². The van der Waals surface area contributed by atoms with Crippen LogP contribution in [-0.2, 0) is 14.3 Å². The molecule has 0 aromatic carbocycles. The Morgan fingerprint density at radius 1 is 1.12 bits per heavy atom. The first kappa shape index (κ1) is 17.6. The Labute approximate surface area is 140 Å². The topological polar surface area (TPSA) is 72.6 Å². The smallest absolute Gasteiger partial charge is 0.248 e. The van der Waals surface area contributed by atoms with Gasteiger partial charge in [0.05, 0.1) is 12.0 Å². The summed E-state index contributed by atoms with van der Waals surface area (Å²) in [5.41, 5.74) is 5.41. The molecule has 2 aliphatic heterocycles. The first-order valence-corrected chi connectivity index (χ1v) is 8.90. The second kappa shape index (κ2) is 6.94. The second-order valence-electron chi connectivity index (χ2n) is 7.60. The molecule has 136 valence electrons. The molecule has 3 aliphatic rings. The molecule has 24 heavy (non-hydrogen) atoms. The fourth-order valence-corrected chi connectivity index (χ4v) is 4.26. The quantitative estimate of drug-likeness (QED) is 0.828. The number of amides is 2. The molecule has 0 unspecified atom stereocenters. The van der Waals surface area contributed by atoms with Gasteiger partial charge in [0.15, 0.2) is 0 Å². The number of ether oxygens (including phenoxy) is 1. The summed E-state index contributed by atoms with van der Waals surface area (Å²) in [7, 11) is 0. The van der Waals surface area contributed by atoms with Crippen LogP contribution in [0.4, 0.5) is 8.78 Å². The summed E-state index contributed by atoms with van der Waals surface area (Å²) in [5, 5.41) is 0. The Bertz CT molecular complexity index is 484. The zero-order chi connectivity index (χ0) is 17.3. The highest BCUT2D eigenvalue weighted by Gasteiger charge is 2.46. The van der Waals surface area contributed by atoms with E-state index in [9.17, 15) is 18.4 Å². The van der Waals surface area contributed by atoms with E-state index in [2.05, 4.69) is 0 Å². The van der Waals surface area contributed by atoms with E-state index in [1.54, 1.807) is 4.90 Å². The van der Waals surface area contributed by atoms with E-state index in [4.69, 9.17) is 10.5 Å². The van der Waals surface area contributed by atoms with Gasteiger partial charge in [-0.05, 0) is 37.5 Å². The zero-order valence-electron chi connectivity index (χ0n) is 13.9. The molecule has 2 N–H and O–H groups in total. The summed E-state index contributed by atoms with van der Waals surface area (Å²) in [5.74, 6) is -2.77. The van der Waals surface area contributed by atoms with Gasteiger partial charge < -0.3 is 15.4 Å². The summed E-state index contributed by atoms with van der Waals surface area (Å²) in [6.07, 6.45) is 3.11. The summed E-state index contributed by atoms with van der Waals surface area (Å²) in [6.45, 7) is 1.92. The maximum Gasteiger partial charge on any atom is 0.248 e. The van der Waals surface area contributed by atoms with Crippen molar-refractivity contribution in [2.45, 2.75) is 57.0 Å². The molecule has 0 bridgehead atoms. The van der Waals surface area contributed by atoms with Gasteiger partial charge in [-0.2, -0.15) is 0 Å². The highest BCUT2D eigenvalue weighted by atomic mass is 19.3. The first-order valence-electron chi connectivity index (χ1n) is 8.90. The third-order valence-electron chi connectivity index (χ3n) is 5.75. The normalized spacial score (nSPS) is 31.0. The molecule has 2 heterocycles. The molecular weight excluding hydrogens is 318 g/mol. The SMILES string of the molecule is NC(=O)[C@@H]1CCO[C@@H]1CC1CCN(C(=O)CC2CC(F)(F)C2)CC1. The highest BCUT2D eigenvalue weighted by molar-refractivity contribution is 5.77. The average Bonchev–Trinajstić information content (AvgIpc) is 2.94. The number of piperidine rings is 1. The van der Waals surface area contributed by atoms with E-state index in [1.165, 1.54) is 0 Å². The van der Waals surface area contributed by atoms with Gasteiger partial charge >= 0.3 is 0 Å². The fourth-order valence-electron chi connectivity index (χ4n) is 4.26. The number of carbonyl (C=O) groups is 2. The van der Waals surface area contributed by atoms with Gasteiger partial charge in [0.2, 0.25) is 17.7 Å². The lowest BCUT2D eigenvalue weighted by Crippen LogP contribution is -2.43. The number of halogens is 2. The van der Waals surface area contributed by atoms with Gasteiger partial charge in [-0.15, -0.1) is 0 Å². The van der Waals surface area contributed by atoms with Crippen molar-refractivity contribution < 1.29 is 23.1 Å². The summed E-state index contributed by atoms with van der Waals surface area (Å²) in [6, 6.07) is 0. The Balaban J connectivity index is 1.39. The van der Waals surface area contributed by atoms with E-state index < -0.39 is 5.92 Å². The van der Waals surface area contributed by atoms with Crippen molar-refractivity contribution in [1.29, 1.82) is 0 Å². The average molecular weight is 344 g/mol. The van der Waals surface area contributed by atoms with Crippen LogP contribution in [0.2, 0.25) is 0 Å². The van der Waals surface area contributed by atoms with Crippen LogP contribution >= 0.6 is 0 Å². The van der Waals surface area contributed by atoms with Crippen molar-refractivity contribution in [2.75, 3.05) is 19.7 Å². The van der Waals surface area contributed by atoms with E-state index in [0.717, 1.165) is 19.3 Å². The summed E-state index contributed by atoms with van der Waals surface area (Å²) in [4.78, 5) is 25.4. The minimum Gasteiger partial charge on any atom is -0.377 e. The van der Waals surface area contributed by atoms with Crippen molar-refractivity contribution in [3.63, 3.8) is 0 Å². The van der Waals surface area contributed by atoms with E-state index in [-0.39, 0.29) is 49.0 Å². The van der Waals surface area contributed by atoms with Crippen molar-refractivity contribution in [1.82, 2.24) is 4.90 Å². The first-order chi connectivity index (χ1) is 11.3. The lowest BCUT2D eigenvalue weighted by atomic mass is 9.78.